The fourth-order valence-electron chi connectivity index (χ4n) is 1.94. The van der Waals surface area contributed by atoms with Gasteiger partial charge in [-0.2, -0.15) is 0 Å². The Kier molecular flexibility index (Phi) is 5.56. The number of hydrogen-bond acceptors (Lipinski definition) is 4. The van der Waals surface area contributed by atoms with Crippen LogP contribution in [0.15, 0.2) is 6.20 Å². The van der Waals surface area contributed by atoms with Gasteiger partial charge >= 0.3 is 0 Å². The summed E-state index contributed by atoms with van der Waals surface area (Å²) in [5.41, 5.74) is 10.2. The van der Waals surface area contributed by atoms with Crippen LogP contribution in [-0.4, -0.2) is 49.0 Å². The summed E-state index contributed by atoms with van der Waals surface area (Å²) < 4.78 is 0. The monoisotopic (exact) mass is 250 g/mol. The van der Waals surface area contributed by atoms with E-state index in [4.69, 9.17) is 5.73 Å². The topological polar surface area (TPSA) is 45.4 Å². The van der Waals surface area contributed by atoms with E-state index >= 15 is 0 Å². The van der Waals surface area contributed by atoms with Crippen LogP contribution in [-0.2, 0) is 6.54 Å². The summed E-state index contributed by atoms with van der Waals surface area (Å²) in [5, 5.41) is 0. The number of aryl methyl sites for hydroxylation is 1. The maximum absolute atomic E-state index is 6.03. The van der Waals surface area contributed by atoms with Crippen LogP contribution in [0.2, 0.25) is 0 Å². The van der Waals surface area contributed by atoms with Crippen LogP contribution in [0, 0.1) is 13.8 Å². The van der Waals surface area contributed by atoms with Gasteiger partial charge < -0.3 is 15.5 Å². The molecule has 0 bridgehead atoms. The zero-order valence-electron chi connectivity index (χ0n) is 12.3. The van der Waals surface area contributed by atoms with Crippen LogP contribution in [0.3, 0.4) is 0 Å². The molecule has 0 aliphatic carbocycles. The summed E-state index contributed by atoms with van der Waals surface area (Å²) in [4.78, 5) is 9.00. The first kappa shape index (κ1) is 14.9. The number of hydrogen-bond donors (Lipinski definition) is 1. The zero-order valence-corrected chi connectivity index (χ0v) is 12.3. The van der Waals surface area contributed by atoms with Crippen molar-refractivity contribution < 1.29 is 0 Å². The van der Waals surface area contributed by atoms with E-state index in [-0.39, 0.29) is 0 Å². The molecule has 0 atom stereocenters. The van der Waals surface area contributed by atoms with Crippen molar-refractivity contribution in [1.29, 1.82) is 0 Å². The molecule has 0 saturated heterocycles. The highest BCUT2D eigenvalue weighted by molar-refractivity contribution is 5.53. The van der Waals surface area contributed by atoms with Crippen LogP contribution in [0.25, 0.3) is 0 Å². The zero-order chi connectivity index (χ0) is 13.7. The molecular weight excluding hydrogens is 224 g/mol. The Balaban J connectivity index is 2.54. The van der Waals surface area contributed by atoms with Crippen LogP contribution in [0.5, 0.6) is 0 Å². The average Bonchev–Trinajstić information content (AvgIpc) is 2.29. The molecule has 1 heterocycles. The molecule has 0 fully saturated rings. The average molecular weight is 250 g/mol. The predicted molar refractivity (Wildman–Crippen MR) is 77.6 cm³/mol. The molecule has 2 N–H and O–H groups in total. The molecule has 0 spiro atoms. The maximum Gasteiger partial charge on any atom is 0.0593 e. The minimum absolute atomic E-state index is 0.865. The maximum atomic E-state index is 6.03. The highest BCUT2D eigenvalue weighted by atomic mass is 15.1. The molecule has 0 unspecified atom stereocenters. The first-order valence-corrected chi connectivity index (χ1v) is 6.45. The third-order valence-electron chi connectivity index (χ3n) is 3.24. The van der Waals surface area contributed by atoms with Gasteiger partial charge in [0.1, 0.15) is 0 Å². The second kappa shape index (κ2) is 6.71. The van der Waals surface area contributed by atoms with Crippen LogP contribution < -0.4 is 5.73 Å². The largest absolute Gasteiger partial charge is 0.398 e. The molecular formula is C14H26N4. The smallest absolute Gasteiger partial charge is 0.0593 e. The molecule has 0 saturated carbocycles. The van der Waals surface area contributed by atoms with Crippen molar-refractivity contribution in [2.45, 2.75) is 26.8 Å². The molecule has 102 valence electrons. The number of rotatable bonds is 6. The number of aromatic nitrogens is 1. The Morgan fingerprint density at radius 3 is 2.44 bits per heavy atom. The van der Waals surface area contributed by atoms with E-state index in [1.807, 2.05) is 13.1 Å². The van der Waals surface area contributed by atoms with Crippen LogP contribution >= 0.6 is 0 Å². The molecule has 0 radical (unpaired) electrons. The van der Waals surface area contributed by atoms with E-state index in [1.165, 1.54) is 6.42 Å². The van der Waals surface area contributed by atoms with Gasteiger partial charge in [-0.15, -0.1) is 0 Å². The van der Waals surface area contributed by atoms with E-state index in [9.17, 15) is 0 Å². The fourth-order valence-corrected chi connectivity index (χ4v) is 1.94. The molecule has 0 amide bonds. The van der Waals surface area contributed by atoms with Gasteiger partial charge in [0.2, 0.25) is 0 Å². The number of nitrogen functional groups attached to an aromatic ring is 1. The number of nitrogens with two attached hydrogens (primary N) is 1. The number of anilines is 1. The number of pyridine rings is 1. The SMILES string of the molecule is Cc1cnc(CN(C)CCCN(C)C)c(C)c1N. The van der Waals surface area contributed by atoms with Crippen molar-refractivity contribution in [2.75, 3.05) is 40.0 Å². The van der Waals surface area contributed by atoms with E-state index in [2.05, 4.69) is 42.9 Å². The van der Waals surface area contributed by atoms with E-state index < -0.39 is 0 Å². The summed E-state index contributed by atoms with van der Waals surface area (Å²) in [5.74, 6) is 0. The minimum Gasteiger partial charge on any atom is -0.398 e. The first-order chi connectivity index (χ1) is 8.41. The van der Waals surface area contributed by atoms with Gasteiger partial charge in [0.15, 0.2) is 0 Å². The predicted octanol–water partition coefficient (Wildman–Crippen LogP) is 1.66. The Morgan fingerprint density at radius 1 is 1.17 bits per heavy atom. The lowest BCUT2D eigenvalue weighted by atomic mass is 10.1. The van der Waals surface area contributed by atoms with Crippen molar-refractivity contribution in [2.24, 2.45) is 0 Å². The Hall–Kier alpha value is -1.13. The van der Waals surface area contributed by atoms with Gasteiger partial charge in [-0.3, -0.25) is 4.98 Å². The summed E-state index contributed by atoms with van der Waals surface area (Å²) in [6.07, 6.45) is 3.04. The van der Waals surface area contributed by atoms with E-state index in [0.717, 1.165) is 42.1 Å². The molecule has 0 aromatic carbocycles. The van der Waals surface area contributed by atoms with Crippen molar-refractivity contribution in [3.63, 3.8) is 0 Å². The normalized spacial score (nSPS) is 11.5. The molecule has 0 aliphatic heterocycles. The Labute approximate surface area is 111 Å². The third-order valence-corrected chi connectivity index (χ3v) is 3.24. The third kappa shape index (κ3) is 4.27. The molecule has 4 heteroatoms. The standard InChI is InChI=1S/C14H26N4/c1-11-9-16-13(12(2)14(11)15)10-18(5)8-6-7-17(3)4/h9H,6-8,10H2,1-5H3,(H2,15,16). The summed E-state index contributed by atoms with van der Waals surface area (Å²) in [6, 6.07) is 0. The lowest BCUT2D eigenvalue weighted by Crippen LogP contribution is -2.24. The van der Waals surface area contributed by atoms with Crippen molar-refractivity contribution in [3.05, 3.63) is 23.0 Å². The molecule has 1 aromatic heterocycles. The number of nitrogens with zero attached hydrogens (tertiary/aromatic N) is 3. The molecule has 0 aliphatic rings. The summed E-state index contributed by atoms with van der Waals surface area (Å²) in [6.45, 7) is 7.11. The van der Waals surface area contributed by atoms with Crippen LogP contribution in [0.1, 0.15) is 23.2 Å². The van der Waals surface area contributed by atoms with E-state index in [0.29, 0.717) is 0 Å². The van der Waals surface area contributed by atoms with Gasteiger partial charge in [-0.05, 0) is 65.6 Å². The lowest BCUT2D eigenvalue weighted by Gasteiger charge is -2.19. The van der Waals surface area contributed by atoms with Crippen molar-refractivity contribution in [1.82, 2.24) is 14.8 Å². The highest BCUT2D eigenvalue weighted by Crippen LogP contribution is 2.18. The summed E-state index contributed by atoms with van der Waals surface area (Å²) in [7, 11) is 6.34. The van der Waals surface area contributed by atoms with E-state index in [1.54, 1.807) is 0 Å². The molecule has 1 rings (SSSR count). The van der Waals surface area contributed by atoms with Gasteiger partial charge in [0.25, 0.3) is 0 Å². The second-order valence-corrected chi connectivity index (χ2v) is 5.32. The van der Waals surface area contributed by atoms with Gasteiger partial charge in [0.05, 0.1) is 5.69 Å². The highest BCUT2D eigenvalue weighted by Gasteiger charge is 2.08. The second-order valence-electron chi connectivity index (χ2n) is 5.32. The molecule has 1 aromatic rings. The fraction of sp³-hybridized carbons (Fsp3) is 0.643. The lowest BCUT2D eigenvalue weighted by molar-refractivity contribution is 0.291. The van der Waals surface area contributed by atoms with Gasteiger partial charge in [-0.1, -0.05) is 0 Å². The molecule has 18 heavy (non-hydrogen) atoms. The minimum atomic E-state index is 0.865. The van der Waals surface area contributed by atoms with Crippen LogP contribution in [0.4, 0.5) is 5.69 Å². The Morgan fingerprint density at radius 2 is 1.83 bits per heavy atom. The quantitative estimate of drug-likeness (QED) is 0.834. The van der Waals surface area contributed by atoms with Gasteiger partial charge in [0, 0.05) is 18.4 Å². The Bertz CT molecular complexity index is 388. The molecule has 4 nitrogen and oxygen atoms in total. The van der Waals surface area contributed by atoms with Gasteiger partial charge in [-0.25, -0.2) is 0 Å². The summed E-state index contributed by atoms with van der Waals surface area (Å²) >= 11 is 0. The van der Waals surface area contributed by atoms with Crippen molar-refractivity contribution in [3.8, 4) is 0 Å². The first-order valence-electron chi connectivity index (χ1n) is 6.45. The van der Waals surface area contributed by atoms with Crippen molar-refractivity contribution >= 4 is 5.69 Å².